The first kappa shape index (κ1) is 18.7. The van der Waals surface area contributed by atoms with Crippen LogP contribution in [-0.4, -0.2) is 23.0 Å². The van der Waals surface area contributed by atoms with Gasteiger partial charge in [-0.05, 0) is 17.7 Å². The Hall–Kier alpha value is -3.60. The summed E-state index contributed by atoms with van der Waals surface area (Å²) < 4.78 is 5.00. The number of rotatable bonds is 7. The number of carbonyl (C=O) groups is 1. The fourth-order valence-corrected chi connectivity index (χ4v) is 2.15. The highest BCUT2D eigenvalue weighted by Gasteiger charge is 2.32. The van der Waals surface area contributed by atoms with Crippen molar-refractivity contribution in [3.05, 3.63) is 70.3 Å². The van der Waals surface area contributed by atoms with E-state index < -0.39 is 16.4 Å². The molecular weight excluding hydrogens is 336 g/mol. The zero-order valence-electron chi connectivity index (χ0n) is 14.0. The van der Waals surface area contributed by atoms with Crippen LogP contribution in [-0.2, 0) is 16.0 Å². The number of esters is 1. The van der Waals surface area contributed by atoms with E-state index in [0.29, 0.717) is 11.3 Å². The molecule has 1 unspecified atom stereocenters. The highest BCUT2D eigenvalue weighted by Crippen LogP contribution is 2.23. The number of hydrogen-bond donors (Lipinski definition) is 0. The molecule has 0 heterocycles. The topological polar surface area (TPSA) is 118 Å². The van der Waals surface area contributed by atoms with Crippen molar-refractivity contribution in [3.63, 3.8) is 0 Å². The number of nitro groups is 1. The quantitative estimate of drug-likeness (QED) is 0.325. The number of nitrogens with zero attached hydrogens (tertiary/aromatic N) is 4. The van der Waals surface area contributed by atoms with Gasteiger partial charge in [-0.1, -0.05) is 30.3 Å². The van der Waals surface area contributed by atoms with E-state index in [1.54, 1.807) is 24.3 Å². The first-order valence-corrected chi connectivity index (χ1v) is 7.70. The van der Waals surface area contributed by atoms with Crippen LogP contribution in [0.5, 0.6) is 0 Å². The molecule has 1 atom stereocenters. The van der Waals surface area contributed by atoms with Crippen LogP contribution in [0, 0.1) is 21.4 Å². The largest absolute Gasteiger partial charge is 0.462 e. The molecule has 8 nitrogen and oxygen atoms in total. The number of benzene rings is 2. The molecule has 26 heavy (non-hydrogen) atoms. The van der Waals surface area contributed by atoms with Crippen LogP contribution in [0.25, 0.3) is 0 Å². The average molecular weight is 352 g/mol. The minimum absolute atomic E-state index is 0.0535. The maximum atomic E-state index is 11.2. The van der Waals surface area contributed by atoms with Crippen molar-refractivity contribution in [2.45, 2.75) is 18.9 Å². The van der Waals surface area contributed by atoms with Gasteiger partial charge in [0.05, 0.1) is 16.7 Å². The predicted molar refractivity (Wildman–Crippen MR) is 92.7 cm³/mol. The number of hydrogen-bond acceptors (Lipinski definition) is 7. The van der Waals surface area contributed by atoms with Crippen LogP contribution in [0.4, 0.5) is 11.4 Å². The Morgan fingerprint density at radius 2 is 1.88 bits per heavy atom. The zero-order valence-corrected chi connectivity index (χ0v) is 14.0. The van der Waals surface area contributed by atoms with Gasteiger partial charge in [-0.25, -0.2) is 0 Å². The van der Waals surface area contributed by atoms with E-state index in [2.05, 4.69) is 16.3 Å². The lowest BCUT2D eigenvalue weighted by Crippen LogP contribution is -2.34. The van der Waals surface area contributed by atoms with Crippen molar-refractivity contribution in [2.75, 3.05) is 6.61 Å². The molecule has 132 valence electrons. The summed E-state index contributed by atoms with van der Waals surface area (Å²) in [7, 11) is 0. The SMILES string of the molecule is CC(=O)OCC(C#N)(Cc1ccc([N+](=O)[O-])cc1)N=Nc1ccccc1. The molecule has 2 rings (SSSR count). The maximum absolute atomic E-state index is 11.2. The van der Waals surface area contributed by atoms with Gasteiger partial charge in [0, 0.05) is 25.5 Å². The van der Waals surface area contributed by atoms with Crippen molar-refractivity contribution >= 4 is 17.3 Å². The monoisotopic (exact) mass is 352 g/mol. The van der Waals surface area contributed by atoms with Gasteiger partial charge in [0.2, 0.25) is 5.54 Å². The van der Waals surface area contributed by atoms with Crippen molar-refractivity contribution in [2.24, 2.45) is 10.2 Å². The first-order valence-electron chi connectivity index (χ1n) is 7.70. The molecular formula is C18H16N4O4. The van der Waals surface area contributed by atoms with E-state index in [9.17, 15) is 20.2 Å². The van der Waals surface area contributed by atoms with Crippen LogP contribution in [0.2, 0.25) is 0 Å². The molecule has 0 fully saturated rings. The van der Waals surface area contributed by atoms with E-state index in [-0.39, 0.29) is 18.7 Å². The Morgan fingerprint density at radius 1 is 1.23 bits per heavy atom. The van der Waals surface area contributed by atoms with Gasteiger partial charge >= 0.3 is 5.97 Å². The molecule has 0 saturated carbocycles. The van der Waals surface area contributed by atoms with Crippen LogP contribution in [0.15, 0.2) is 64.8 Å². The molecule has 0 aliphatic carbocycles. The molecule has 8 heteroatoms. The fourth-order valence-electron chi connectivity index (χ4n) is 2.15. The number of carbonyl (C=O) groups excluding carboxylic acids is 1. The van der Waals surface area contributed by atoms with Gasteiger partial charge in [-0.3, -0.25) is 14.9 Å². The third kappa shape index (κ3) is 5.21. The molecule has 0 spiro atoms. The molecule has 0 aliphatic heterocycles. The smallest absolute Gasteiger partial charge is 0.302 e. The maximum Gasteiger partial charge on any atom is 0.302 e. The Balaban J connectivity index is 2.29. The van der Waals surface area contributed by atoms with Gasteiger partial charge in [0.15, 0.2) is 0 Å². The van der Waals surface area contributed by atoms with Crippen LogP contribution >= 0.6 is 0 Å². The van der Waals surface area contributed by atoms with Crippen LogP contribution in [0.3, 0.4) is 0 Å². The molecule has 2 aromatic rings. The third-order valence-corrected chi connectivity index (χ3v) is 3.48. The summed E-state index contributed by atoms with van der Waals surface area (Å²) in [5, 5.41) is 28.6. The third-order valence-electron chi connectivity index (χ3n) is 3.48. The highest BCUT2D eigenvalue weighted by atomic mass is 16.6. The molecule has 0 saturated heterocycles. The van der Waals surface area contributed by atoms with Gasteiger partial charge in [-0.15, -0.1) is 0 Å². The standard InChI is InChI=1S/C18H16N4O4/c1-14(23)26-13-18(12-19,21-20-16-5-3-2-4-6-16)11-15-7-9-17(10-8-15)22(24)25/h2-10H,11,13H2,1H3. The van der Waals surface area contributed by atoms with Crippen molar-refractivity contribution in [1.82, 2.24) is 0 Å². The van der Waals surface area contributed by atoms with E-state index >= 15 is 0 Å². The van der Waals surface area contributed by atoms with Gasteiger partial charge in [-0.2, -0.15) is 15.5 Å². The number of ether oxygens (including phenoxy) is 1. The van der Waals surface area contributed by atoms with Crippen molar-refractivity contribution in [3.8, 4) is 6.07 Å². The Morgan fingerprint density at radius 3 is 2.42 bits per heavy atom. The minimum atomic E-state index is -1.43. The lowest BCUT2D eigenvalue weighted by Gasteiger charge is -2.20. The first-order chi connectivity index (χ1) is 12.4. The number of non-ortho nitro benzene ring substituents is 1. The average Bonchev–Trinajstić information content (AvgIpc) is 2.65. The molecule has 0 N–H and O–H groups in total. The fraction of sp³-hybridized carbons (Fsp3) is 0.222. The molecule has 0 radical (unpaired) electrons. The van der Waals surface area contributed by atoms with E-state index in [1.165, 1.54) is 31.2 Å². The summed E-state index contributed by atoms with van der Waals surface area (Å²) in [6.07, 6.45) is 0.0884. The Kier molecular flexibility index (Phi) is 6.11. The number of nitriles is 1. The summed E-state index contributed by atoms with van der Waals surface area (Å²) in [4.78, 5) is 21.4. The molecule has 2 aromatic carbocycles. The van der Waals surface area contributed by atoms with Crippen molar-refractivity contribution < 1.29 is 14.5 Å². The zero-order chi connectivity index (χ0) is 19.0. The second-order valence-electron chi connectivity index (χ2n) is 5.56. The summed E-state index contributed by atoms with van der Waals surface area (Å²) >= 11 is 0. The minimum Gasteiger partial charge on any atom is -0.462 e. The summed E-state index contributed by atoms with van der Waals surface area (Å²) in [5.74, 6) is -0.539. The van der Waals surface area contributed by atoms with E-state index in [1.807, 2.05) is 6.07 Å². The number of nitro benzene ring substituents is 1. The van der Waals surface area contributed by atoms with Crippen molar-refractivity contribution in [1.29, 1.82) is 5.26 Å². The van der Waals surface area contributed by atoms with E-state index in [4.69, 9.17) is 4.74 Å². The van der Waals surface area contributed by atoms with Gasteiger partial charge < -0.3 is 4.74 Å². The second kappa shape index (κ2) is 8.48. The van der Waals surface area contributed by atoms with Gasteiger partial charge in [0.1, 0.15) is 6.61 Å². The summed E-state index contributed by atoms with van der Waals surface area (Å²) in [6.45, 7) is 0.967. The van der Waals surface area contributed by atoms with Crippen LogP contribution < -0.4 is 0 Å². The lowest BCUT2D eigenvalue weighted by atomic mass is 9.94. The highest BCUT2D eigenvalue weighted by molar-refractivity contribution is 5.66. The molecule has 0 aromatic heterocycles. The second-order valence-corrected chi connectivity index (χ2v) is 5.56. The predicted octanol–water partition coefficient (Wildman–Crippen LogP) is 3.75. The molecule has 0 amide bonds. The Bertz CT molecular complexity index is 844. The molecule has 0 bridgehead atoms. The van der Waals surface area contributed by atoms with Crippen LogP contribution in [0.1, 0.15) is 12.5 Å². The molecule has 0 aliphatic rings. The van der Waals surface area contributed by atoms with E-state index in [0.717, 1.165) is 0 Å². The number of azo groups is 1. The summed E-state index contributed by atoms with van der Waals surface area (Å²) in [5.41, 5.74) is -0.297. The summed E-state index contributed by atoms with van der Waals surface area (Å²) in [6, 6.07) is 16.7. The van der Waals surface area contributed by atoms with Gasteiger partial charge in [0.25, 0.3) is 5.69 Å². The Labute approximate surface area is 149 Å². The lowest BCUT2D eigenvalue weighted by molar-refractivity contribution is -0.384. The normalized spacial score (nSPS) is 12.9.